The predicted octanol–water partition coefficient (Wildman–Crippen LogP) is 3.61. The highest BCUT2D eigenvalue weighted by molar-refractivity contribution is 5.58. The SMILES string of the molecule is Cc1cn(Cc2ccccc2)c(-c2cccc(O)c2)n1. The van der Waals surface area contributed by atoms with Crippen LogP contribution in [0.4, 0.5) is 0 Å². The molecule has 3 heteroatoms. The second-order valence-corrected chi connectivity index (χ2v) is 4.87. The minimum Gasteiger partial charge on any atom is -0.508 e. The highest BCUT2D eigenvalue weighted by atomic mass is 16.3. The Morgan fingerprint density at radius 2 is 1.85 bits per heavy atom. The van der Waals surface area contributed by atoms with Crippen molar-refractivity contribution in [3.05, 3.63) is 72.1 Å². The minimum atomic E-state index is 0.259. The van der Waals surface area contributed by atoms with E-state index in [1.54, 1.807) is 12.1 Å². The van der Waals surface area contributed by atoms with Gasteiger partial charge in [-0.05, 0) is 24.6 Å². The molecule has 3 rings (SSSR count). The number of nitrogens with zero attached hydrogens (tertiary/aromatic N) is 2. The number of benzene rings is 2. The summed E-state index contributed by atoms with van der Waals surface area (Å²) in [7, 11) is 0. The Bertz CT molecular complexity index is 717. The molecule has 0 fully saturated rings. The molecule has 20 heavy (non-hydrogen) atoms. The molecule has 0 aliphatic heterocycles. The van der Waals surface area contributed by atoms with Crippen LogP contribution in [0.3, 0.4) is 0 Å². The van der Waals surface area contributed by atoms with Crippen LogP contribution in [0.25, 0.3) is 11.4 Å². The molecule has 0 radical (unpaired) electrons. The maximum absolute atomic E-state index is 9.62. The Kier molecular flexibility index (Phi) is 3.25. The van der Waals surface area contributed by atoms with E-state index in [4.69, 9.17) is 0 Å². The lowest BCUT2D eigenvalue weighted by atomic mass is 10.2. The fourth-order valence-electron chi connectivity index (χ4n) is 2.32. The third kappa shape index (κ3) is 2.57. The van der Waals surface area contributed by atoms with Crippen LogP contribution in [0.2, 0.25) is 0 Å². The second kappa shape index (κ2) is 5.21. The van der Waals surface area contributed by atoms with Gasteiger partial charge in [0.2, 0.25) is 0 Å². The zero-order chi connectivity index (χ0) is 13.9. The van der Waals surface area contributed by atoms with Crippen LogP contribution < -0.4 is 0 Å². The Labute approximate surface area is 118 Å². The summed E-state index contributed by atoms with van der Waals surface area (Å²) in [6, 6.07) is 17.5. The van der Waals surface area contributed by atoms with Crippen molar-refractivity contribution in [1.29, 1.82) is 0 Å². The fraction of sp³-hybridized carbons (Fsp3) is 0.118. The molecule has 0 aliphatic carbocycles. The van der Waals surface area contributed by atoms with E-state index < -0.39 is 0 Å². The largest absolute Gasteiger partial charge is 0.508 e. The summed E-state index contributed by atoms with van der Waals surface area (Å²) in [5, 5.41) is 9.62. The third-order valence-electron chi connectivity index (χ3n) is 3.20. The molecule has 0 saturated heterocycles. The van der Waals surface area contributed by atoms with Gasteiger partial charge in [-0.15, -0.1) is 0 Å². The monoisotopic (exact) mass is 264 g/mol. The fourth-order valence-corrected chi connectivity index (χ4v) is 2.32. The molecule has 0 aliphatic rings. The summed E-state index contributed by atoms with van der Waals surface area (Å²) in [4.78, 5) is 4.57. The molecule has 1 N–H and O–H groups in total. The number of phenolic OH excluding ortho intramolecular Hbond substituents is 1. The molecular formula is C17H16N2O. The highest BCUT2D eigenvalue weighted by Gasteiger charge is 2.09. The topological polar surface area (TPSA) is 38.0 Å². The molecule has 0 atom stereocenters. The molecule has 3 nitrogen and oxygen atoms in total. The van der Waals surface area contributed by atoms with Crippen molar-refractivity contribution in [2.24, 2.45) is 0 Å². The van der Waals surface area contributed by atoms with Crippen molar-refractivity contribution in [2.45, 2.75) is 13.5 Å². The Morgan fingerprint density at radius 3 is 2.60 bits per heavy atom. The van der Waals surface area contributed by atoms with Crippen molar-refractivity contribution in [1.82, 2.24) is 9.55 Å². The lowest BCUT2D eigenvalue weighted by molar-refractivity contribution is 0.475. The highest BCUT2D eigenvalue weighted by Crippen LogP contribution is 2.23. The van der Waals surface area contributed by atoms with Crippen molar-refractivity contribution < 1.29 is 5.11 Å². The van der Waals surface area contributed by atoms with Crippen molar-refractivity contribution in [3.63, 3.8) is 0 Å². The van der Waals surface area contributed by atoms with E-state index in [0.717, 1.165) is 23.6 Å². The van der Waals surface area contributed by atoms with Gasteiger partial charge in [0, 0.05) is 18.3 Å². The third-order valence-corrected chi connectivity index (χ3v) is 3.20. The molecule has 100 valence electrons. The number of hydrogen-bond donors (Lipinski definition) is 1. The van der Waals surface area contributed by atoms with Crippen LogP contribution in [-0.4, -0.2) is 14.7 Å². The zero-order valence-electron chi connectivity index (χ0n) is 11.3. The van der Waals surface area contributed by atoms with E-state index in [0.29, 0.717) is 0 Å². The predicted molar refractivity (Wildman–Crippen MR) is 79.6 cm³/mol. The number of phenols is 1. The van der Waals surface area contributed by atoms with E-state index in [-0.39, 0.29) is 5.75 Å². The Hall–Kier alpha value is -2.55. The molecule has 0 saturated carbocycles. The van der Waals surface area contributed by atoms with Gasteiger partial charge in [-0.1, -0.05) is 42.5 Å². The van der Waals surface area contributed by atoms with E-state index in [9.17, 15) is 5.11 Å². The molecule has 1 aromatic heterocycles. The molecular weight excluding hydrogens is 248 g/mol. The van der Waals surface area contributed by atoms with Crippen LogP contribution in [-0.2, 0) is 6.54 Å². The molecule has 1 heterocycles. The summed E-state index contributed by atoms with van der Waals surface area (Å²) in [6.45, 7) is 2.75. The van der Waals surface area contributed by atoms with Crippen LogP contribution in [0.1, 0.15) is 11.3 Å². The number of rotatable bonds is 3. The maximum atomic E-state index is 9.62. The van der Waals surface area contributed by atoms with E-state index in [1.807, 2.05) is 43.5 Å². The van der Waals surface area contributed by atoms with Crippen molar-refractivity contribution in [3.8, 4) is 17.1 Å². The van der Waals surface area contributed by atoms with Gasteiger partial charge in [0.1, 0.15) is 11.6 Å². The average molecular weight is 264 g/mol. The maximum Gasteiger partial charge on any atom is 0.140 e. The standard InChI is InChI=1S/C17H16N2O/c1-13-11-19(12-14-6-3-2-4-7-14)17(18-13)15-8-5-9-16(20)10-15/h2-11,20H,12H2,1H3. The lowest BCUT2D eigenvalue weighted by Gasteiger charge is -2.08. The number of aromatic hydroxyl groups is 1. The number of imidazole rings is 1. The molecule has 2 aromatic carbocycles. The van der Waals surface area contributed by atoms with Crippen LogP contribution >= 0.6 is 0 Å². The molecule has 3 aromatic rings. The van der Waals surface area contributed by atoms with Gasteiger partial charge in [-0.25, -0.2) is 4.98 Å². The quantitative estimate of drug-likeness (QED) is 0.784. The van der Waals surface area contributed by atoms with Gasteiger partial charge < -0.3 is 9.67 Å². The Balaban J connectivity index is 2.00. The van der Waals surface area contributed by atoms with Crippen molar-refractivity contribution >= 4 is 0 Å². The first-order valence-corrected chi connectivity index (χ1v) is 6.59. The van der Waals surface area contributed by atoms with Gasteiger partial charge in [0.15, 0.2) is 0 Å². The molecule has 0 spiro atoms. The van der Waals surface area contributed by atoms with Gasteiger partial charge in [-0.3, -0.25) is 0 Å². The van der Waals surface area contributed by atoms with Gasteiger partial charge in [0.25, 0.3) is 0 Å². The van der Waals surface area contributed by atoms with E-state index in [2.05, 4.69) is 21.7 Å². The zero-order valence-corrected chi connectivity index (χ0v) is 11.3. The summed E-state index contributed by atoms with van der Waals surface area (Å²) >= 11 is 0. The number of aromatic nitrogens is 2. The number of hydrogen-bond acceptors (Lipinski definition) is 2. The van der Waals surface area contributed by atoms with Gasteiger partial charge in [0.05, 0.1) is 5.69 Å². The van der Waals surface area contributed by atoms with E-state index in [1.165, 1.54) is 5.56 Å². The Morgan fingerprint density at radius 1 is 1.05 bits per heavy atom. The first-order chi connectivity index (χ1) is 9.72. The van der Waals surface area contributed by atoms with Crippen molar-refractivity contribution in [2.75, 3.05) is 0 Å². The molecule has 0 amide bonds. The first-order valence-electron chi connectivity index (χ1n) is 6.59. The lowest BCUT2D eigenvalue weighted by Crippen LogP contribution is -2.00. The molecule has 0 unspecified atom stereocenters. The second-order valence-electron chi connectivity index (χ2n) is 4.87. The van der Waals surface area contributed by atoms with Gasteiger partial charge in [-0.2, -0.15) is 0 Å². The summed E-state index contributed by atoms with van der Waals surface area (Å²) in [5.41, 5.74) is 3.12. The van der Waals surface area contributed by atoms with Crippen LogP contribution in [0.5, 0.6) is 5.75 Å². The summed E-state index contributed by atoms with van der Waals surface area (Å²) < 4.78 is 2.11. The van der Waals surface area contributed by atoms with Gasteiger partial charge >= 0.3 is 0 Å². The number of aryl methyl sites for hydroxylation is 1. The summed E-state index contributed by atoms with van der Waals surface area (Å²) in [6.07, 6.45) is 2.03. The first kappa shape index (κ1) is 12.5. The summed E-state index contributed by atoms with van der Waals surface area (Å²) in [5.74, 6) is 1.14. The average Bonchev–Trinajstić information content (AvgIpc) is 2.81. The normalized spacial score (nSPS) is 10.7. The molecule has 0 bridgehead atoms. The smallest absolute Gasteiger partial charge is 0.140 e. The minimum absolute atomic E-state index is 0.259. The van der Waals surface area contributed by atoms with Crippen LogP contribution in [0, 0.1) is 6.92 Å². The van der Waals surface area contributed by atoms with Crippen LogP contribution in [0.15, 0.2) is 60.8 Å². The van der Waals surface area contributed by atoms with E-state index >= 15 is 0 Å².